The number of amides is 1. The Labute approximate surface area is 167 Å². The van der Waals surface area contributed by atoms with E-state index in [4.69, 9.17) is 0 Å². The van der Waals surface area contributed by atoms with Crippen molar-refractivity contribution in [1.29, 1.82) is 0 Å². The highest BCUT2D eigenvalue weighted by molar-refractivity contribution is 5.80. The van der Waals surface area contributed by atoms with Gasteiger partial charge in [0.25, 0.3) is 5.56 Å². The molecular formula is C22H21N5O2. The van der Waals surface area contributed by atoms with Crippen molar-refractivity contribution in [3.05, 3.63) is 82.4 Å². The van der Waals surface area contributed by atoms with E-state index in [0.717, 1.165) is 22.2 Å². The van der Waals surface area contributed by atoms with Crippen LogP contribution in [0.2, 0.25) is 0 Å². The number of carbonyl (C=O) groups excluding carboxylic acids is 1. The minimum atomic E-state index is -0.753. The van der Waals surface area contributed by atoms with Crippen molar-refractivity contribution in [3.63, 3.8) is 0 Å². The van der Waals surface area contributed by atoms with Gasteiger partial charge in [-0.15, -0.1) is 0 Å². The summed E-state index contributed by atoms with van der Waals surface area (Å²) >= 11 is 0. The molecule has 4 rings (SSSR count). The molecule has 2 heterocycles. The van der Waals surface area contributed by atoms with Gasteiger partial charge in [-0.2, -0.15) is 5.10 Å². The normalized spacial score (nSPS) is 12.1. The molecule has 146 valence electrons. The first-order chi connectivity index (χ1) is 14.0. The average Bonchev–Trinajstić information content (AvgIpc) is 3.15. The van der Waals surface area contributed by atoms with Gasteiger partial charge in [-0.05, 0) is 32.0 Å². The summed E-state index contributed by atoms with van der Waals surface area (Å²) < 4.78 is 1.21. The van der Waals surface area contributed by atoms with E-state index in [2.05, 4.69) is 20.4 Å². The number of H-pyrrole nitrogens is 1. The largest absolute Gasteiger partial charge is 0.347 e. The molecule has 7 nitrogen and oxygen atoms in total. The number of nitrogens with one attached hydrogen (secondary N) is 2. The van der Waals surface area contributed by atoms with Gasteiger partial charge in [-0.25, -0.2) is 9.67 Å². The standard InChI is InChI=1S/C22H21N5O2/c1-14-7-9-16(10-8-14)17-11-12-21(28)27(26-17)15(2)22(29)23-13-20-24-18-5-3-4-6-19(18)25-20/h3-12,15H,13H2,1-2H3,(H,23,29)(H,24,25). The van der Waals surface area contributed by atoms with Crippen LogP contribution >= 0.6 is 0 Å². The van der Waals surface area contributed by atoms with Crippen LogP contribution in [0.15, 0.2) is 65.5 Å². The summed E-state index contributed by atoms with van der Waals surface area (Å²) in [5, 5.41) is 7.22. The lowest BCUT2D eigenvalue weighted by Crippen LogP contribution is -2.36. The van der Waals surface area contributed by atoms with Gasteiger partial charge in [0.1, 0.15) is 11.9 Å². The number of hydrogen-bond donors (Lipinski definition) is 2. The lowest BCUT2D eigenvalue weighted by atomic mass is 10.1. The Morgan fingerprint density at radius 3 is 2.62 bits per heavy atom. The van der Waals surface area contributed by atoms with Gasteiger partial charge in [0.05, 0.1) is 23.3 Å². The van der Waals surface area contributed by atoms with Crippen LogP contribution < -0.4 is 10.9 Å². The van der Waals surface area contributed by atoms with Crippen molar-refractivity contribution in [2.75, 3.05) is 0 Å². The topological polar surface area (TPSA) is 92.7 Å². The fourth-order valence-electron chi connectivity index (χ4n) is 3.10. The number of aromatic amines is 1. The number of imidazole rings is 1. The molecule has 0 aliphatic carbocycles. The van der Waals surface area contributed by atoms with Gasteiger partial charge in [-0.3, -0.25) is 9.59 Å². The predicted octanol–water partition coefficient (Wildman–Crippen LogP) is 2.97. The van der Waals surface area contributed by atoms with Crippen LogP contribution in [0.1, 0.15) is 24.4 Å². The van der Waals surface area contributed by atoms with E-state index in [1.807, 2.05) is 55.5 Å². The molecule has 1 atom stereocenters. The van der Waals surface area contributed by atoms with E-state index in [0.29, 0.717) is 11.5 Å². The van der Waals surface area contributed by atoms with Gasteiger partial charge in [0.15, 0.2) is 0 Å². The number of carbonyl (C=O) groups is 1. The molecule has 1 amide bonds. The molecule has 0 aliphatic heterocycles. The van der Waals surface area contributed by atoms with Gasteiger partial charge in [-0.1, -0.05) is 42.0 Å². The van der Waals surface area contributed by atoms with E-state index < -0.39 is 6.04 Å². The molecule has 29 heavy (non-hydrogen) atoms. The van der Waals surface area contributed by atoms with Crippen molar-refractivity contribution in [3.8, 4) is 11.3 Å². The lowest BCUT2D eigenvalue weighted by molar-refractivity contribution is -0.124. The molecule has 2 aromatic carbocycles. The SMILES string of the molecule is Cc1ccc(-c2ccc(=O)n(C(C)C(=O)NCc3nc4ccccc4[nH]3)n2)cc1. The molecule has 4 aromatic rings. The number of rotatable bonds is 5. The Kier molecular flexibility index (Phi) is 4.95. The maximum atomic E-state index is 12.6. The Balaban J connectivity index is 1.51. The predicted molar refractivity (Wildman–Crippen MR) is 111 cm³/mol. The van der Waals surface area contributed by atoms with Gasteiger partial charge in [0.2, 0.25) is 5.91 Å². The number of aromatic nitrogens is 4. The molecule has 2 N–H and O–H groups in total. The van der Waals surface area contributed by atoms with Crippen LogP contribution in [0.3, 0.4) is 0 Å². The summed E-state index contributed by atoms with van der Waals surface area (Å²) in [6, 6.07) is 17.9. The molecule has 0 aliphatic rings. The second-order valence-electron chi connectivity index (χ2n) is 6.96. The smallest absolute Gasteiger partial charge is 0.267 e. The van der Waals surface area contributed by atoms with Gasteiger partial charge < -0.3 is 10.3 Å². The molecule has 0 saturated carbocycles. The highest BCUT2D eigenvalue weighted by atomic mass is 16.2. The van der Waals surface area contributed by atoms with Gasteiger partial charge in [0, 0.05) is 11.6 Å². The monoisotopic (exact) mass is 387 g/mol. The van der Waals surface area contributed by atoms with E-state index >= 15 is 0 Å². The zero-order valence-electron chi connectivity index (χ0n) is 16.2. The lowest BCUT2D eigenvalue weighted by Gasteiger charge is -2.14. The first-order valence-corrected chi connectivity index (χ1v) is 9.39. The Morgan fingerprint density at radius 2 is 1.86 bits per heavy atom. The van der Waals surface area contributed by atoms with Crippen LogP contribution in [0.4, 0.5) is 0 Å². The molecular weight excluding hydrogens is 366 g/mol. The molecule has 0 spiro atoms. The maximum Gasteiger partial charge on any atom is 0.267 e. The number of benzene rings is 2. The summed E-state index contributed by atoms with van der Waals surface area (Å²) in [7, 11) is 0. The molecule has 0 radical (unpaired) electrons. The van der Waals surface area contributed by atoms with Crippen molar-refractivity contribution in [2.45, 2.75) is 26.4 Å². The summed E-state index contributed by atoms with van der Waals surface area (Å²) in [5.74, 6) is 0.349. The third kappa shape index (κ3) is 3.94. The molecule has 1 unspecified atom stereocenters. The minimum absolute atomic E-state index is 0.240. The van der Waals surface area contributed by atoms with E-state index in [-0.39, 0.29) is 18.0 Å². The van der Waals surface area contributed by atoms with Crippen LogP contribution in [-0.4, -0.2) is 25.7 Å². The van der Waals surface area contributed by atoms with Crippen LogP contribution in [0, 0.1) is 6.92 Å². The quantitative estimate of drug-likeness (QED) is 0.551. The van der Waals surface area contributed by atoms with E-state index in [1.54, 1.807) is 13.0 Å². The third-order valence-electron chi connectivity index (χ3n) is 4.79. The first kappa shape index (κ1) is 18.6. The zero-order valence-corrected chi connectivity index (χ0v) is 16.2. The van der Waals surface area contributed by atoms with Crippen molar-refractivity contribution >= 4 is 16.9 Å². The first-order valence-electron chi connectivity index (χ1n) is 9.39. The second-order valence-corrected chi connectivity index (χ2v) is 6.96. The number of aryl methyl sites for hydroxylation is 1. The van der Waals surface area contributed by atoms with Crippen LogP contribution in [0.5, 0.6) is 0 Å². The molecule has 0 saturated heterocycles. The average molecular weight is 387 g/mol. The molecule has 0 bridgehead atoms. The summed E-state index contributed by atoms with van der Waals surface area (Å²) in [6.07, 6.45) is 0. The highest BCUT2D eigenvalue weighted by Gasteiger charge is 2.18. The number of para-hydroxylation sites is 2. The van der Waals surface area contributed by atoms with Gasteiger partial charge >= 0.3 is 0 Å². The Hall–Kier alpha value is -3.74. The van der Waals surface area contributed by atoms with Crippen LogP contribution in [0.25, 0.3) is 22.3 Å². The molecule has 0 fully saturated rings. The van der Waals surface area contributed by atoms with Crippen molar-refractivity contribution in [1.82, 2.24) is 25.1 Å². The number of nitrogens with zero attached hydrogens (tertiary/aromatic N) is 3. The van der Waals surface area contributed by atoms with E-state index in [9.17, 15) is 9.59 Å². The Morgan fingerprint density at radius 1 is 1.10 bits per heavy atom. The fourth-order valence-corrected chi connectivity index (χ4v) is 3.10. The van der Waals surface area contributed by atoms with E-state index in [1.165, 1.54) is 10.7 Å². The molecule has 7 heteroatoms. The third-order valence-corrected chi connectivity index (χ3v) is 4.79. The maximum absolute atomic E-state index is 12.6. The second kappa shape index (κ2) is 7.71. The minimum Gasteiger partial charge on any atom is -0.347 e. The summed E-state index contributed by atoms with van der Waals surface area (Å²) in [6.45, 7) is 3.90. The van der Waals surface area contributed by atoms with Crippen LogP contribution in [-0.2, 0) is 11.3 Å². The molecule has 2 aromatic heterocycles. The van der Waals surface area contributed by atoms with Crippen molar-refractivity contribution < 1.29 is 4.79 Å². The number of hydrogen-bond acceptors (Lipinski definition) is 4. The van der Waals surface area contributed by atoms with Crippen molar-refractivity contribution in [2.24, 2.45) is 0 Å². The highest BCUT2D eigenvalue weighted by Crippen LogP contribution is 2.17. The summed E-state index contributed by atoms with van der Waals surface area (Å²) in [5.41, 5.74) is 4.09. The zero-order chi connectivity index (χ0) is 20.4. The fraction of sp³-hybridized carbons (Fsp3) is 0.182. The Bertz CT molecular complexity index is 1190. The summed E-state index contributed by atoms with van der Waals surface area (Å²) in [4.78, 5) is 32.5. The number of fused-ring (bicyclic) bond motifs is 1.